The van der Waals surface area contributed by atoms with Gasteiger partial charge in [0.2, 0.25) is 0 Å². The summed E-state index contributed by atoms with van der Waals surface area (Å²) in [4.78, 5) is 0.715. The Kier molecular flexibility index (Phi) is 11.0. The second-order valence-electron chi connectivity index (χ2n) is 4.04. The van der Waals surface area contributed by atoms with Gasteiger partial charge in [0.05, 0.1) is 0 Å². The van der Waals surface area contributed by atoms with Crippen molar-refractivity contribution >= 4 is 15.9 Å². The molecular formula is C12H25Br. The van der Waals surface area contributed by atoms with E-state index in [0.717, 1.165) is 0 Å². The summed E-state index contributed by atoms with van der Waals surface area (Å²) in [6.45, 7) is 4.51. The van der Waals surface area contributed by atoms with E-state index in [1.54, 1.807) is 0 Å². The Bertz CT molecular complexity index is 89.1. The van der Waals surface area contributed by atoms with Crippen molar-refractivity contribution in [2.75, 3.05) is 0 Å². The fourth-order valence-electron chi connectivity index (χ4n) is 1.56. The fourth-order valence-corrected chi connectivity index (χ4v) is 1.88. The van der Waals surface area contributed by atoms with Crippen LogP contribution in [0.2, 0.25) is 0 Å². The predicted octanol–water partition coefficient (Wildman–Crippen LogP) is 5.30. The van der Waals surface area contributed by atoms with Crippen molar-refractivity contribution < 1.29 is 0 Å². The van der Waals surface area contributed by atoms with Gasteiger partial charge in [-0.3, -0.25) is 0 Å². The summed E-state index contributed by atoms with van der Waals surface area (Å²) in [6, 6.07) is 0. The quantitative estimate of drug-likeness (QED) is 0.384. The summed E-state index contributed by atoms with van der Waals surface area (Å²) in [6.07, 6.45) is 12.8. The number of unbranched alkanes of at least 4 members (excludes halogenated alkanes) is 7. The first-order valence-electron chi connectivity index (χ1n) is 5.91. The normalized spacial score (nSPS) is 13.2. The minimum Gasteiger partial charge on any atom is -0.0894 e. The second-order valence-corrected chi connectivity index (χ2v) is 5.61. The average molecular weight is 249 g/mol. The monoisotopic (exact) mass is 248 g/mol. The van der Waals surface area contributed by atoms with Gasteiger partial charge in [-0.25, -0.2) is 0 Å². The highest BCUT2D eigenvalue weighted by Crippen LogP contribution is 2.13. The highest BCUT2D eigenvalue weighted by Gasteiger charge is 1.95. The lowest BCUT2D eigenvalue weighted by molar-refractivity contribution is 0.565. The molecular weight excluding hydrogens is 224 g/mol. The minimum atomic E-state index is 0.715. The van der Waals surface area contributed by atoms with Gasteiger partial charge in [-0.05, 0) is 6.42 Å². The van der Waals surface area contributed by atoms with Crippen LogP contribution >= 0.6 is 15.9 Å². The molecule has 0 radical (unpaired) electrons. The molecule has 13 heavy (non-hydrogen) atoms. The summed E-state index contributed by atoms with van der Waals surface area (Å²) in [5.41, 5.74) is 0. The van der Waals surface area contributed by atoms with Gasteiger partial charge in [0.1, 0.15) is 0 Å². The molecule has 0 nitrogen and oxygen atoms in total. The molecule has 0 aromatic rings. The number of hydrogen-bond acceptors (Lipinski definition) is 0. The van der Waals surface area contributed by atoms with Gasteiger partial charge in [-0.2, -0.15) is 0 Å². The first-order valence-corrected chi connectivity index (χ1v) is 6.83. The van der Waals surface area contributed by atoms with Crippen LogP contribution in [0.15, 0.2) is 0 Å². The van der Waals surface area contributed by atoms with Crippen LogP contribution in [0, 0.1) is 0 Å². The summed E-state index contributed by atoms with van der Waals surface area (Å²) in [5.74, 6) is 0. The molecule has 0 aliphatic carbocycles. The molecule has 0 fully saturated rings. The van der Waals surface area contributed by atoms with E-state index in [0.29, 0.717) is 4.83 Å². The van der Waals surface area contributed by atoms with Crippen LogP contribution in [-0.4, -0.2) is 4.83 Å². The molecule has 0 amide bonds. The Morgan fingerprint density at radius 1 is 0.846 bits per heavy atom. The molecule has 0 aromatic heterocycles. The van der Waals surface area contributed by atoms with Crippen molar-refractivity contribution in [2.24, 2.45) is 0 Å². The van der Waals surface area contributed by atoms with Crippen molar-refractivity contribution in [3.05, 3.63) is 0 Å². The molecule has 0 saturated carbocycles. The van der Waals surface area contributed by atoms with Gasteiger partial charge in [-0.15, -0.1) is 0 Å². The fraction of sp³-hybridized carbons (Fsp3) is 1.00. The maximum atomic E-state index is 3.58. The van der Waals surface area contributed by atoms with Crippen LogP contribution in [0.4, 0.5) is 0 Å². The summed E-state index contributed by atoms with van der Waals surface area (Å²) in [7, 11) is 0. The zero-order chi connectivity index (χ0) is 9.94. The van der Waals surface area contributed by atoms with E-state index in [9.17, 15) is 0 Å². The van der Waals surface area contributed by atoms with Gasteiger partial charge in [0.15, 0.2) is 0 Å². The van der Waals surface area contributed by atoms with Crippen LogP contribution in [0.3, 0.4) is 0 Å². The molecule has 0 aliphatic rings. The molecule has 1 heteroatoms. The number of rotatable bonds is 9. The SMILES string of the molecule is CCCCCCCCCC[C@H](C)Br. The molecule has 0 heterocycles. The summed E-state index contributed by atoms with van der Waals surface area (Å²) < 4.78 is 0. The van der Waals surface area contributed by atoms with Gasteiger partial charge in [-0.1, -0.05) is 81.1 Å². The van der Waals surface area contributed by atoms with Gasteiger partial charge >= 0.3 is 0 Å². The minimum absolute atomic E-state index is 0.715. The van der Waals surface area contributed by atoms with E-state index in [-0.39, 0.29) is 0 Å². The summed E-state index contributed by atoms with van der Waals surface area (Å²) in [5, 5.41) is 0. The highest BCUT2D eigenvalue weighted by atomic mass is 79.9. The molecule has 0 unspecified atom stereocenters. The average Bonchev–Trinajstić information content (AvgIpc) is 2.09. The Hall–Kier alpha value is 0.480. The Morgan fingerprint density at radius 2 is 1.31 bits per heavy atom. The molecule has 0 saturated heterocycles. The van der Waals surface area contributed by atoms with Gasteiger partial charge in [0.25, 0.3) is 0 Å². The largest absolute Gasteiger partial charge is 0.0894 e. The van der Waals surface area contributed by atoms with Gasteiger partial charge in [0, 0.05) is 4.83 Å². The Balaban J connectivity index is 2.84. The van der Waals surface area contributed by atoms with E-state index in [1.807, 2.05) is 0 Å². The lowest BCUT2D eigenvalue weighted by Crippen LogP contribution is -1.89. The van der Waals surface area contributed by atoms with Crippen LogP contribution in [0.5, 0.6) is 0 Å². The number of alkyl halides is 1. The van der Waals surface area contributed by atoms with Crippen molar-refractivity contribution in [3.63, 3.8) is 0 Å². The van der Waals surface area contributed by atoms with E-state index in [2.05, 4.69) is 29.8 Å². The standard InChI is InChI=1S/C12H25Br/c1-3-4-5-6-7-8-9-10-11-12(2)13/h12H,3-11H2,1-2H3/t12-/m0/s1. The summed E-state index contributed by atoms with van der Waals surface area (Å²) >= 11 is 3.58. The zero-order valence-corrected chi connectivity index (χ0v) is 10.9. The molecule has 0 aromatic carbocycles. The van der Waals surface area contributed by atoms with Crippen molar-refractivity contribution in [1.29, 1.82) is 0 Å². The number of halogens is 1. The Morgan fingerprint density at radius 3 is 1.77 bits per heavy atom. The van der Waals surface area contributed by atoms with Crippen molar-refractivity contribution in [2.45, 2.75) is 76.5 Å². The van der Waals surface area contributed by atoms with Gasteiger partial charge < -0.3 is 0 Å². The first-order chi connectivity index (χ1) is 6.27. The second kappa shape index (κ2) is 10.6. The third kappa shape index (κ3) is 12.5. The van der Waals surface area contributed by atoms with Crippen LogP contribution in [-0.2, 0) is 0 Å². The first kappa shape index (κ1) is 13.5. The lowest BCUT2D eigenvalue weighted by Gasteiger charge is -2.03. The predicted molar refractivity (Wildman–Crippen MR) is 65.6 cm³/mol. The third-order valence-corrected chi connectivity index (χ3v) is 2.91. The molecule has 0 spiro atoms. The smallest absolute Gasteiger partial charge is 0.0117 e. The van der Waals surface area contributed by atoms with Crippen LogP contribution in [0.25, 0.3) is 0 Å². The molecule has 0 bridgehead atoms. The molecule has 0 rings (SSSR count). The van der Waals surface area contributed by atoms with E-state index < -0.39 is 0 Å². The van der Waals surface area contributed by atoms with Crippen molar-refractivity contribution in [3.8, 4) is 0 Å². The van der Waals surface area contributed by atoms with Crippen molar-refractivity contribution in [1.82, 2.24) is 0 Å². The number of hydrogen-bond donors (Lipinski definition) is 0. The molecule has 0 aliphatic heterocycles. The van der Waals surface area contributed by atoms with Crippen LogP contribution < -0.4 is 0 Å². The van der Waals surface area contributed by atoms with Crippen LogP contribution in [0.1, 0.15) is 71.6 Å². The maximum absolute atomic E-state index is 3.58. The lowest BCUT2D eigenvalue weighted by atomic mass is 10.1. The topological polar surface area (TPSA) is 0 Å². The molecule has 0 N–H and O–H groups in total. The third-order valence-electron chi connectivity index (χ3n) is 2.46. The van der Waals surface area contributed by atoms with E-state index in [1.165, 1.54) is 57.8 Å². The molecule has 80 valence electrons. The Labute approximate surface area is 92.6 Å². The molecule has 1 atom stereocenters. The highest BCUT2D eigenvalue weighted by molar-refractivity contribution is 9.09. The van der Waals surface area contributed by atoms with E-state index >= 15 is 0 Å². The van der Waals surface area contributed by atoms with E-state index in [4.69, 9.17) is 0 Å². The zero-order valence-electron chi connectivity index (χ0n) is 9.32. The maximum Gasteiger partial charge on any atom is 0.0117 e.